The Morgan fingerprint density at radius 3 is 2.62 bits per heavy atom. The third-order valence-electron chi connectivity index (χ3n) is 1.69. The molecular weight excluding hydrogens is 226 g/mol. The van der Waals surface area contributed by atoms with Crippen LogP contribution in [-0.2, 0) is 0 Å². The van der Waals surface area contributed by atoms with E-state index in [1.165, 1.54) is 12.1 Å². The zero-order chi connectivity index (χ0) is 12.0. The van der Waals surface area contributed by atoms with E-state index >= 15 is 0 Å². The normalized spacial score (nSPS) is 8.94. The van der Waals surface area contributed by atoms with E-state index < -0.39 is 4.92 Å². The molecule has 6 heteroatoms. The second kappa shape index (κ2) is 5.68. The van der Waals surface area contributed by atoms with E-state index in [2.05, 4.69) is 16.6 Å². The van der Waals surface area contributed by atoms with Crippen molar-refractivity contribution in [3.8, 4) is 12.3 Å². The van der Waals surface area contributed by atoms with Gasteiger partial charge in [0.05, 0.1) is 11.5 Å². The lowest BCUT2D eigenvalue weighted by molar-refractivity contribution is -0.384. The van der Waals surface area contributed by atoms with Gasteiger partial charge in [-0.1, -0.05) is 5.92 Å². The van der Waals surface area contributed by atoms with Crippen molar-refractivity contribution in [1.29, 1.82) is 0 Å². The van der Waals surface area contributed by atoms with Crippen LogP contribution in [0, 0.1) is 22.5 Å². The lowest BCUT2D eigenvalue weighted by atomic mass is 10.3. The fraction of sp³-hybridized carbons (Fsp3) is 0.100. The van der Waals surface area contributed by atoms with Crippen LogP contribution < -0.4 is 10.6 Å². The lowest BCUT2D eigenvalue weighted by Crippen LogP contribution is -2.28. The predicted molar refractivity (Wildman–Crippen MR) is 66.2 cm³/mol. The second-order valence-electron chi connectivity index (χ2n) is 2.82. The molecule has 0 saturated heterocycles. The lowest BCUT2D eigenvalue weighted by Gasteiger charge is -2.07. The Balaban J connectivity index is 2.59. The third-order valence-corrected chi connectivity index (χ3v) is 1.93. The topological polar surface area (TPSA) is 67.2 Å². The van der Waals surface area contributed by atoms with E-state index in [4.69, 9.17) is 18.6 Å². The molecule has 0 amide bonds. The molecule has 0 heterocycles. The standard InChI is InChI=1S/C10H9N3O2S/c1-2-7-11-10(16)12-8-3-5-9(6-4-8)13(14)15/h1,3-6H,7H2,(H2,11,12,16). The molecule has 1 aromatic rings. The third kappa shape index (κ3) is 3.55. The van der Waals surface area contributed by atoms with Crippen molar-refractivity contribution in [2.45, 2.75) is 0 Å². The molecule has 0 aliphatic carbocycles. The smallest absolute Gasteiger partial charge is 0.269 e. The number of benzene rings is 1. The van der Waals surface area contributed by atoms with E-state index in [0.717, 1.165) is 0 Å². The molecule has 0 spiro atoms. The summed E-state index contributed by atoms with van der Waals surface area (Å²) in [6, 6.07) is 5.93. The summed E-state index contributed by atoms with van der Waals surface area (Å²) in [5, 5.41) is 16.4. The predicted octanol–water partition coefficient (Wildman–Crippen LogP) is 1.51. The molecule has 0 aliphatic rings. The summed E-state index contributed by atoms with van der Waals surface area (Å²) in [6.07, 6.45) is 5.05. The summed E-state index contributed by atoms with van der Waals surface area (Å²) in [4.78, 5) is 9.94. The molecule has 5 nitrogen and oxygen atoms in total. The summed E-state index contributed by atoms with van der Waals surface area (Å²) in [6.45, 7) is 0.332. The van der Waals surface area contributed by atoms with E-state index in [-0.39, 0.29) is 5.69 Å². The highest BCUT2D eigenvalue weighted by Crippen LogP contribution is 2.14. The van der Waals surface area contributed by atoms with Gasteiger partial charge in [0.25, 0.3) is 5.69 Å². The monoisotopic (exact) mass is 235 g/mol. The molecule has 0 bridgehead atoms. The minimum Gasteiger partial charge on any atom is -0.352 e. The number of nitro groups is 1. The van der Waals surface area contributed by atoms with Gasteiger partial charge in [-0.15, -0.1) is 6.42 Å². The number of rotatable bonds is 3. The van der Waals surface area contributed by atoms with Gasteiger partial charge in [-0.3, -0.25) is 10.1 Å². The van der Waals surface area contributed by atoms with Gasteiger partial charge in [-0.25, -0.2) is 0 Å². The molecule has 0 saturated carbocycles. The quantitative estimate of drug-likeness (QED) is 0.360. The van der Waals surface area contributed by atoms with Crippen LogP contribution in [0.5, 0.6) is 0 Å². The molecule has 0 atom stereocenters. The summed E-state index contributed by atoms with van der Waals surface area (Å²) in [5.74, 6) is 2.38. The molecular formula is C10H9N3O2S. The van der Waals surface area contributed by atoms with E-state index in [0.29, 0.717) is 17.3 Å². The van der Waals surface area contributed by atoms with Crippen molar-refractivity contribution in [3.05, 3.63) is 34.4 Å². The van der Waals surface area contributed by atoms with Gasteiger partial charge in [0.2, 0.25) is 0 Å². The van der Waals surface area contributed by atoms with Gasteiger partial charge in [-0.05, 0) is 24.4 Å². The fourth-order valence-corrected chi connectivity index (χ4v) is 1.16. The molecule has 0 unspecified atom stereocenters. The SMILES string of the molecule is C#CCNC(=S)Nc1ccc([N+](=O)[O-])cc1. The van der Waals surface area contributed by atoms with Crippen LogP contribution in [0.3, 0.4) is 0 Å². The Morgan fingerprint density at radius 1 is 1.50 bits per heavy atom. The summed E-state index contributed by atoms with van der Waals surface area (Å²) in [5.41, 5.74) is 0.702. The number of nitrogens with zero attached hydrogens (tertiary/aromatic N) is 1. The maximum atomic E-state index is 10.4. The first-order valence-corrected chi connectivity index (χ1v) is 4.77. The number of non-ortho nitro benzene ring substituents is 1. The van der Waals surface area contributed by atoms with Crippen molar-refractivity contribution in [2.24, 2.45) is 0 Å². The van der Waals surface area contributed by atoms with Crippen LogP contribution in [0.1, 0.15) is 0 Å². The Morgan fingerprint density at radius 2 is 2.12 bits per heavy atom. The molecule has 0 aromatic heterocycles. The summed E-state index contributed by atoms with van der Waals surface area (Å²) in [7, 11) is 0. The van der Waals surface area contributed by atoms with E-state index in [9.17, 15) is 10.1 Å². The molecule has 1 rings (SSSR count). The molecule has 16 heavy (non-hydrogen) atoms. The second-order valence-corrected chi connectivity index (χ2v) is 3.22. The average molecular weight is 235 g/mol. The summed E-state index contributed by atoms with van der Waals surface area (Å²) >= 11 is 4.93. The highest BCUT2D eigenvalue weighted by atomic mass is 32.1. The highest BCUT2D eigenvalue weighted by molar-refractivity contribution is 7.80. The van der Waals surface area contributed by atoms with Crippen molar-refractivity contribution >= 4 is 28.7 Å². The largest absolute Gasteiger partial charge is 0.352 e. The highest BCUT2D eigenvalue weighted by Gasteiger charge is 2.04. The van der Waals surface area contributed by atoms with Crippen molar-refractivity contribution in [2.75, 3.05) is 11.9 Å². The number of nitro benzene ring substituents is 1. The van der Waals surface area contributed by atoms with Crippen LogP contribution >= 0.6 is 12.2 Å². The Bertz CT molecular complexity index is 436. The number of nitrogens with one attached hydrogen (secondary N) is 2. The first kappa shape index (κ1) is 11.9. The summed E-state index contributed by atoms with van der Waals surface area (Å²) < 4.78 is 0. The van der Waals surface area contributed by atoms with Gasteiger partial charge < -0.3 is 10.6 Å². The Hall–Kier alpha value is -2.13. The number of hydrogen-bond donors (Lipinski definition) is 2. The van der Waals surface area contributed by atoms with Crippen LogP contribution in [0.15, 0.2) is 24.3 Å². The van der Waals surface area contributed by atoms with Crippen molar-refractivity contribution < 1.29 is 4.92 Å². The molecule has 82 valence electrons. The van der Waals surface area contributed by atoms with Gasteiger partial charge in [0, 0.05) is 17.8 Å². The molecule has 0 radical (unpaired) electrons. The first-order valence-electron chi connectivity index (χ1n) is 4.36. The molecule has 0 aliphatic heterocycles. The number of terminal acetylenes is 1. The number of anilines is 1. The Kier molecular flexibility index (Phi) is 4.24. The van der Waals surface area contributed by atoms with Gasteiger partial charge in [0.15, 0.2) is 5.11 Å². The minimum absolute atomic E-state index is 0.0352. The molecule has 0 fully saturated rings. The zero-order valence-corrected chi connectivity index (χ0v) is 9.08. The van der Waals surface area contributed by atoms with Gasteiger partial charge in [0.1, 0.15) is 0 Å². The van der Waals surface area contributed by atoms with Crippen molar-refractivity contribution in [3.63, 3.8) is 0 Å². The molecule has 1 aromatic carbocycles. The minimum atomic E-state index is -0.460. The number of hydrogen-bond acceptors (Lipinski definition) is 3. The van der Waals surface area contributed by atoms with Crippen LogP contribution in [0.2, 0.25) is 0 Å². The van der Waals surface area contributed by atoms with E-state index in [1.54, 1.807) is 12.1 Å². The maximum Gasteiger partial charge on any atom is 0.269 e. The maximum absolute atomic E-state index is 10.4. The number of thiocarbonyl (C=S) groups is 1. The van der Waals surface area contributed by atoms with Gasteiger partial charge in [-0.2, -0.15) is 0 Å². The van der Waals surface area contributed by atoms with Crippen LogP contribution in [-0.4, -0.2) is 16.6 Å². The van der Waals surface area contributed by atoms with E-state index in [1.807, 2.05) is 0 Å². The Labute approximate surface area is 98.0 Å². The molecule has 2 N–H and O–H groups in total. The first-order chi connectivity index (χ1) is 7.63. The van der Waals surface area contributed by atoms with Gasteiger partial charge >= 0.3 is 0 Å². The zero-order valence-electron chi connectivity index (χ0n) is 8.27. The average Bonchev–Trinajstić information content (AvgIpc) is 2.27. The van der Waals surface area contributed by atoms with Crippen LogP contribution in [0.4, 0.5) is 11.4 Å². The van der Waals surface area contributed by atoms with Crippen molar-refractivity contribution in [1.82, 2.24) is 5.32 Å². The van der Waals surface area contributed by atoms with Crippen LogP contribution in [0.25, 0.3) is 0 Å². The fourth-order valence-electron chi connectivity index (χ4n) is 0.973.